The minimum atomic E-state index is -0.258. The third-order valence-corrected chi connectivity index (χ3v) is 2.14. The predicted octanol–water partition coefficient (Wildman–Crippen LogP) is 2.23. The monoisotopic (exact) mass is 232 g/mol. The predicted molar refractivity (Wildman–Crippen MR) is 68.1 cm³/mol. The zero-order valence-electron chi connectivity index (χ0n) is 9.82. The molecule has 0 unspecified atom stereocenters. The highest BCUT2D eigenvalue weighted by atomic mass is 16.5. The van der Waals surface area contributed by atoms with Crippen molar-refractivity contribution in [3.63, 3.8) is 0 Å². The highest BCUT2D eigenvalue weighted by molar-refractivity contribution is 5.90. The molecule has 0 saturated heterocycles. The van der Waals surface area contributed by atoms with Crippen molar-refractivity contribution in [3.05, 3.63) is 24.3 Å². The molecule has 0 aromatic heterocycles. The average molecular weight is 232 g/mol. The smallest absolute Gasteiger partial charge is 0.319 e. The first kappa shape index (κ1) is 12.9. The summed E-state index contributed by atoms with van der Waals surface area (Å²) >= 11 is 0. The SMILES string of the molecule is C#CCCCNC(=O)Nc1ccccc1OC. The number of methoxy groups -OCH3 is 1. The average Bonchev–Trinajstić information content (AvgIpc) is 2.35. The van der Waals surface area contributed by atoms with E-state index in [-0.39, 0.29) is 6.03 Å². The molecule has 0 spiro atoms. The normalized spacial score (nSPS) is 9.18. The van der Waals surface area contributed by atoms with E-state index >= 15 is 0 Å². The van der Waals surface area contributed by atoms with Crippen LogP contribution in [0.3, 0.4) is 0 Å². The second-order valence-corrected chi connectivity index (χ2v) is 3.39. The van der Waals surface area contributed by atoms with E-state index in [9.17, 15) is 4.79 Å². The van der Waals surface area contributed by atoms with Crippen LogP contribution in [-0.2, 0) is 0 Å². The number of hydrogen-bond acceptors (Lipinski definition) is 2. The van der Waals surface area contributed by atoms with E-state index in [0.29, 0.717) is 24.4 Å². The first-order valence-corrected chi connectivity index (χ1v) is 5.39. The Bertz CT molecular complexity index is 410. The number of carbonyl (C=O) groups excluding carboxylic acids is 1. The van der Waals surface area contributed by atoms with Crippen LogP contribution in [0.1, 0.15) is 12.8 Å². The fraction of sp³-hybridized carbons (Fsp3) is 0.308. The number of anilines is 1. The molecule has 2 amide bonds. The van der Waals surface area contributed by atoms with E-state index < -0.39 is 0 Å². The summed E-state index contributed by atoms with van der Waals surface area (Å²) in [5, 5.41) is 5.43. The lowest BCUT2D eigenvalue weighted by Crippen LogP contribution is -2.29. The summed E-state index contributed by atoms with van der Waals surface area (Å²) in [7, 11) is 1.56. The van der Waals surface area contributed by atoms with Crippen LogP contribution in [0.15, 0.2) is 24.3 Å². The third kappa shape index (κ3) is 4.47. The summed E-state index contributed by atoms with van der Waals surface area (Å²) in [4.78, 5) is 11.5. The summed E-state index contributed by atoms with van der Waals surface area (Å²) < 4.78 is 5.12. The van der Waals surface area contributed by atoms with E-state index in [4.69, 9.17) is 11.2 Å². The molecule has 1 rings (SSSR count). The lowest BCUT2D eigenvalue weighted by atomic mass is 10.3. The fourth-order valence-corrected chi connectivity index (χ4v) is 1.31. The van der Waals surface area contributed by atoms with Crippen molar-refractivity contribution >= 4 is 11.7 Å². The number of terminal acetylenes is 1. The molecule has 1 aromatic carbocycles. The van der Waals surface area contributed by atoms with E-state index in [2.05, 4.69) is 16.6 Å². The number of para-hydroxylation sites is 2. The Morgan fingerprint density at radius 3 is 2.94 bits per heavy atom. The van der Waals surface area contributed by atoms with Gasteiger partial charge in [-0.1, -0.05) is 12.1 Å². The van der Waals surface area contributed by atoms with Crippen molar-refractivity contribution in [2.75, 3.05) is 19.0 Å². The van der Waals surface area contributed by atoms with Gasteiger partial charge in [0.1, 0.15) is 5.75 Å². The quantitative estimate of drug-likeness (QED) is 0.604. The van der Waals surface area contributed by atoms with Crippen LogP contribution in [-0.4, -0.2) is 19.7 Å². The first-order chi connectivity index (χ1) is 8.27. The molecule has 2 N–H and O–H groups in total. The van der Waals surface area contributed by atoms with Gasteiger partial charge in [0.25, 0.3) is 0 Å². The summed E-state index contributed by atoms with van der Waals surface area (Å²) in [5.74, 6) is 3.15. The van der Waals surface area contributed by atoms with Gasteiger partial charge in [-0.15, -0.1) is 12.3 Å². The molecule has 0 aliphatic rings. The Hall–Kier alpha value is -2.15. The van der Waals surface area contributed by atoms with Gasteiger partial charge in [-0.25, -0.2) is 4.79 Å². The van der Waals surface area contributed by atoms with E-state index in [1.165, 1.54) is 0 Å². The van der Waals surface area contributed by atoms with Gasteiger partial charge in [-0.05, 0) is 18.6 Å². The van der Waals surface area contributed by atoms with Crippen molar-refractivity contribution < 1.29 is 9.53 Å². The standard InChI is InChI=1S/C13H16N2O2/c1-3-4-7-10-14-13(16)15-11-8-5-6-9-12(11)17-2/h1,5-6,8-9H,4,7,10H2,2H3,(H2,14,15,16). The van der Waals surface area contributed by atoms with Crippen LogP contribution < -0.4 is 15.4 Å². The lowest BCUT2D eigenvalue weighted by Gasteiger charge is -2.10. The molecule has 0 fully saturated rings. The van der Waals surface area contributed by atoms with Crippen molar-refractivity contribution in [2.45, 2.75) is 12.8 Å². The highest BCUT2D eigenvalue weighted by Crippen LogP contribution is 2.22. The molecule has 0 bridgehead atoms. The van der Waals surface area contributed by atoms with Gasteiger partial charge >= 0.3 is 6.03 Å². The Morgan fingerprint density at radius 1 is 1.47 bits per heavy atom. The molecule has 0 saturated carbocycles. The number of carbonyl (C=O) groups is 1. The number of ether oxygens (including phenoxy) is 1. The topological polar surface area (TPSA) is 50.4 Å². The number of urea groups is 1. The molecule has 0 atom stereocenters. The highest BCUT2D eigenvalue weighted by Gasteiger charge is 2.05. The van der Waals surface area contributed by atoms with E-state index in [1.54, 1.807) is 19.2 Å². The Morgan fingerprint density at radius 2 is 2.24 bits per heavy atom. The first-order valence-electron chi connectivity index (χ1n) is 5.39. The van der Waals surface area contributed by atoms with Crippen molar-refractivity contribution in [2.24, 2.45) is 0 Å². The van der Waals surface area contributed by atoms with Crippen LogP contribution in [0.5, 0.6) is 5.75 Å². The van der Waals surface area contributed by atoms with Gasteiger partial charge in [0, 0.05) is 13.0 Å². The van der Waals surface area contributed by atoms with Crippen molar-refractivity contribution in [3.8, 4) is 18.1 Å². The maximum absolute atomic E-state index is 11.5. The number of hydrogen-bond donors (Lipinski definition) is 2. The molecule has 0 aliphatic carbocycles. The molecule has 4 heteroatoms. The van der Waals surface area contributed by atoms with Crippen LogP contribution in [0.4, 0.5) is 10.5 Å². The van der Waals surface area contributed by atoms with Gasteiger partial charge in [-0.2, -0.15) is 0 Å². The summed E-state index contributed by atoms with van der Waals surface area (Å²) in [6, 6.07) is 6.98. The zero-order chi connectivity index (χ0) is 12.5. The summed E-state index contributed by atoms with van der Waals surface area (Å²) in [6.07, 6.45) is 6.55. The molecule has 90 valence electrons. The maximum Gasteiger partial charge on any atom is 0.319 e. The van der Waals surface area contributed by atoms with Crippen LogP contribution in [0, 0.1) is 12.3 Å². The van der Waals surface area contributed by atoms with Gasteiger partial charge < -0.3 is 15.4 Å². The Labute approximate surface area is 101 Å². The Kier molecular flexibility index (Phi) is 5.45. The molecule has 0 radical (unpaired) electrons. The van der Waals surface area contributed by atoms with E-state index in [1.807, 2.05) is 12.1 Å². The van der Waals surface area contributed by atoms with Gasteiger partial charge in [0.05, 0.1) is 12.8 Å². The molecule has 1 aromatic rings. The molecular weight excluding hydrogens is 216 g/mol. The molecular formula is C13H16N2O2. The number of amides is 2. The molecule has 17 heavy (non-hydrogen) atoms. The van der Waals surface area contributed by atoms with Crippen molar-refractivity contribution in [1.29, 1.82) is 0 Å². The number of rotatable bonds is 5. The number of nitrogens with one attached hydrogen (secondary N) is 2. The summed E-state index contributed by atoms with van der Waals surface area (Å²) in [5.41, 5.74) is 0.643. The zero-order valence-corrected chi connectivity index (χ0v) is 9.82. The minimum Gasteiger partial charge on any atom is -0.495 e. The fourth-order valence-electron chi connectivity index (χ4n) is 1.31. The van der Waals surface area contributed by atoms with E-state index in [0.717, 1.165) is 6.42 Å². The van der Waals surface area contributed by atoms with Gasteiger partial charge in [0.15, 0.2) is 0 Å². The van der Waals surface area contributed by atoms with Crippen LogP contribution >= 0.6 is 0 Å². The molecule has 4 nitrogen and oxygen atoms in total. The van der Waals surface area contributed by atoms with Crippen LogP contribution in [0.25, 0.3) is 0 Å². The number of benzene rings is 1. The summed E-state index contributed by atoms with van der Waals surface area (Å²) in [6.45, 7) is 0.561. The van der Waals surface area contributed by atoms with Gasteiger partial charge in [0.2, 0.25) is 0 Å². The van der Waals surface area contributed by atoms with Crippen molar-refractivity contribution in [1.82, 2.24) is 5.32 Å². The maximum atomic E-state index is 11.5. The lowest BCUT2D eigenvalue weighted by molar-refractivity contribution is 0.252. The van der Waals surface area contributed by atoms with Gasteiger partial charge in [-0.3, -0.25) is 0 Å². The second-order valence-electron chi connectivity index (χ2n) is 3.39. The third-order valence-electron chi connectivity index (χ3n) is 2.14. The molecule has 0 heterocycles. The molecule has 0 aliphatic heterocycles. The second kappa shape index (κ2) is 7.18. The van der Waals surface area contributed by atoms with Crippen LogP contribution in [0.2, 0.25) is 0 Å². The Balaban J connectivity index is 2.42. The largest absolute Gasteiger partial charge is 0.495 e. The number of unbranched alkanes of at least 4 members (excludes halogenated alkanes) is 1. The minimum absolute atomic E-state index is 0.258.